The topological polar surface area (TPSA) is 69.6 Å². The smallest absolute Gasteiger partial charge is 0.277 e. The standard InChI is InChI=1S/C12H10ClFN2O3/c13-8-2-1-7(14)5-9(8)15-10-6-11(18)16(3-4-17)12(10)19/h1-2,5-6,15,17H,3-4H2. The van der Waals surface area contributed by atoms with Gasteiger partial charge < -0.3 is 10.4 Å². The first-order valence-electron chi connectivity index (χ1n) is 5.43. The predicted molar refractivity (Wildman–Crippen MR) is 66.9 cm³/mol. The van der Waals surface area contributed by atoms with Crippen LogP contribution in [-0.4, -0.2) is 35.0 Å². The van der Waals surface area contributed by atoms with Crippen molar-refractivity contribution in [1.29, 1.82) is 0 Å². The fourth-order valence-electron chi connectivity index (χ4n) is 1.65. The Hall–Kier alpha value is -1.92. The van der Waals surface area contributed by atoms with Gasteiger partial charge in [-0.25, -0.2) is 4.39 Å². The van der Waals surface area contributed by atoms with E-state index in [0.717, 1.165) is 17.0 Å². The Morgan fingerprint density at radius 1 is 1.37 bits per heavy atom. The van der Waals surface area contributed by atoms with Crippen molar-refractivity contribution in [2.24, 2.45) is 0 Å². The number of carbonyl (C=O) groups is 2. The molecule has 0 atom stereocenters. The van der Waals surface area contributed by atoms with Gasteiger partial charge in [0.25, 0.3) is 11.8 Å². The number of halogens is 2. The lowest BCUT2D eigenvalue weighted by Crippen LogP contribution is -2.34. The zero-order chi connectivity index (χ0) is 14.0. The van der Waals surface area contributed by atoms with Gasteiger partial charge in [0.05, 0.1) is 23.9 Å². The Labute approximate surface area is 113 Å². The lowest BCUT2D eigenvalue weighted by atomic mass is 10.3. The summed E-state index contributed by atoms with van der Waals surface area (Å²) < 4.78 is 13.1. The fourth-order valence-corrected chi connectivity index (χ4v) is 1.81. The highest BCUT2D eigenvalue weighted by atomic mass is 35.5. The second-order valence-corrected chi connectivity index (χ2v) is 4.23. The molecule has 0 saturated heterocycles. The first-order chi connectivity index (χ1) is 9.02. The fraction of sp³-hybridized carbons (Fsp3) is 0.167. The lowest BCUT2D eigenvalue weighted by Gasteiger charge is -2.13. The minimum absolute atomic E-state index is 0.00838. The zero-order valence-corrected chi connectivity index (χ0v) is 10.4. The SMILES string of the molecule is O=C1C=C(Nc2cc(F)ccc2Cl)C(=O)N1CCO. The molecule has 1 aliphatic heterocycles. The minimum atomic E-state index is -0.584. The van der Waals surface area contributed by atoms with Gasteiger partial charge in [0.15, 0.2) is 0 Å². The van der Waals surface area contributed by atoms with Crippen LogP contribution in [0.4, 0.5) is 10.1 Å². The number of hydrogen-bond donors (Lipinski definition) is 2. The summed E-state index contributed by atoms with van der Waals surface area (Å²) in [5.74, 6) is -1.63. The monoisotopic (exact) mass is 284 g/mol. The third-order valence-electron chi connectivity index (χ3n) is 2.53. The van der Waals surface area contributed by atoms with E-state index in [9.17, 15) is 14.0 Å². The van der Waals surface area contributed by atoms with Crippen LogP contribution in [0.15, 0.2) is 30.0 Å². The van der Waals surface area contributed by atoms with Gasteiger partial charge in [0.1, 0.15) is 11.5 Å². The number of rotatable bonds is 4. The van der Waals surface area contributed by atoms with Gasteiger partial charge >= 0.3 is 0 Å². The van der Waals surface area contributed by atoms with E-state index in [2.05, 4.69) is 5.32 Å². The second-order valence-electron chi connectivity index (χ2n) is 3.83. The largest absolute Gasteiger partial charge is 0.395 e. The van der Waals surface area contributed by atoms with E-state index in [4.69, 9.17) is 16.7 Å². The number of aliphatic hydroxyl groups is 1. The minimum Gasteiger partial charge on any atom is -0.395 e. The molecule has 5 nitrogen and oxygen atoms in total. The number of hydrogen-bond acceptors (Lipinski definition) is 4. The number of carbonyl (C=O) groups excluding carboxylic acids is 2. The number of amides is 2. The molecule has 1 aromatic carbocycles. The van der Waals surface area contributed by atoms with Gasteiger partial charge in [-0.2, -0.15) is 0 Å². The Bertz CT molecular complexity index is 574. The van der Waals surface area contributed by atoms with Gasteiger partial charge in [0, 0.05) is 6.08 Å². The molecule has 0 aliphatic carbocycles. The molecule has 100 valence electrons. The summed E-state index contributed by atoms with van der Waals surface area (Å²) in [5.41, 5.74) is 0.186. The Morgan fingerprint density at radius 3 is 2.79 bits per heavy atom. The lowest BCUT2D eigenvalue weighted by molar-refractivity contribution is -0.137. The maximum atomic E-state index is 13.1. The van der Waals surface area contributed by atoms with E-state index in [1.54, 1.807) is 0 Å². The van der Waals surface area contributed by atoms with Crippen LogP contribution in [0.25, 0.3) is 0 Å². The number of aliphatic hydroxyl groups excluding tert-OH is 1. The maximum absolute atomic E-state index is 13.1. The van der Waals surface area contributed by atoms with E-state index in [1.165, 1.54) is 12.1 Å². The van der Waals surface area contributed by atoms with Gasteiger partial charge in [-0.15, -0.1) is 0 Å². The highest BCUT2D eigenvalue weighted by molar-refractivity contribution is 6.33. The van der Waals surface area contributed by atoms with Gasteiger partial charge in [-0.1, -0.05) is 11.6 Å². The number of nitrogens with zero attached hydrogens (tertiary/aromatic N) is 1. The van der Waals surface area contributed by atoms with Crippen LogP contribution >= 0.6 is 11.6 Å². The van der Waals surface area contributed by atoms with Crippen molar-refractivity contribution in [3.05, 3.63) is 40.8 Å². The average Bonchev–Trinajstić information content (AvgIpc) is 2.62. The molecule has 1 heterocycles. The molecule has 19 heavy (non-hydrogen) atoms. The summed E-state index contributed by atoms with van der Waals surface area (Å²) in [6.45, 7) is -0.407. The molecule has 2 rings (SSSR count). The first kappa shape index (κ1) is 13.5. The summed E-state index contributed by atoms with van der Waals surface area (Å²) >= 11 is 5.85. The van der Waals surface area contributed by atoms with Gasteiger partial charge in [-0.05, 0) is 18.2 Å². The van der Waals surface area contributed by atoms with E-state index < -0.39 is 17.6 Å². The third kappa shape index (κ3) is 2.74. The van der Waals surface area contributed by atoms with Crippen LogP contribution in [0.5, 0.6) is 0 Å². The summed E-state index contributed by atoms with van der Waals surface area (Å²) in [4.78, 5) is 24.2. The summed E-state index contributed by atoms with van der Waals surface area (Å²) in [7, 11) is 0. The van der Waals surface area contributed by atoms with Gasteiger partial charge in [-0.3, -0.25) is 14.5 Å². The number of nitrogens with one attached hydrogen (secondary N) is 1. The summed E-state index contributed by atoms with van der Waals surface area (Å²) in [6.07, 6.45) is 1.08. The summed E-state index contributed by atoms with van der Waals surface area (Å²) in [6, 6.07) is 3.64. The normalized spacial score (nSPS) is 14.9. The average molecular weight is 285 g/mol. The molecule has 1 aliphatic rings. The molecule has 7 heteroatoms. The van der Waals surface area contributed by atoms with Crippen molar-refractivity contribution in [3.63, 3.8) is 0 Å². The first-order valence-corrected chi connectivity index (χ1v) is 5.81. The van der Waals surface area contributed by atoms with Crippen LogP contribution in [0.2, 0.25) is 5.02 Å². The molecule has 0 radical (unpaired) electrons. The molecule has 2 N–H and O–H groups in total. The van der Waals surface area contributed by atoms with Crippen LogP contribution in [0.1, 0.15) is 0 Å². The predicted octanol–water partition coefficient (Wildman–Crippen LogP) is 1.14. The number of anilines is 1. The molecular formula is C12H10ClFN2O3. The van der Waals surface area contributed by atoms with Crippen molar-refractivity contribution in [3.8, 4) is 0 Å². The van der Waals surface area contributed by atoms with Crippen LogP contribution in [0.3, 0.4) is 0 Å². The molecule has 2 amide bonds. The molecule has 0 saturated carbocycles. The van der Waals surface area contributed by atoms with Crippen molar-refractivity contribution < 1.29 is 19.1 Å². The van der Waals surface area contributed by atoms with E-state index in [-0.39, 0.29) is 29.6 Å². The number of imide groups is 1. The van der Waals surface area contributed by atoms with Crippen LogP contribution in [0, 0.1) is 5.82 Å². The van der Waals surface area contributed by atoms with Crippen molar-refractivity contribution in [2.45, 2.75) is 0 Å². The Morgan fingerprint density at radius 2 is 2.11 bits per heavy atom. The molecule has 0 spiro atoms. The van der Waals surface area contributed by atoms with Crippen LogP contribution < -0.4 is 5.32 Å². The van der Waals surface area contributed by atoms with Crippen molar-refractivity contribution in [1.82, 2.24) is 4.90 Å². The Kier molecular flexibility index (Phi) is 3.82. The number of β-amino-alcohol motifs (C(OH)–C–C–N with tert-alkyl or cyclic N) is 1. The van der Waals surface area contributed by atoms with Crippen LogP contribution in [-0.2, 0) is 9.59 Å². The number of benzene rings is 1. The van der Waals surface area contributed by atoms with E-state index in [0.29, 0.717) is 0 Å². The molecule has 0 fully saturated rings. The van der Waals surface area contributed by atoms with E-state index >= 15 is 0 Å². The second kappa shape index (κ2) is 5.38. The quantitative estimate of drug-likeness (QED) is 0.814. The third-order valence-corrected chi connectivity index (χ3v) is 2.86. The molecule has 0 unspecified atom stereocenters. The molecule has 0 aromatic heterocycles. The Balaban J connectivity index is 2.20. The van der Waals surface area contributed by atoms with Crippen molar-refractivity contribution in [2.75, 3.05) is 18.5 Å². The van der Waals surface area contributed by atoms with E-state index in [1.807, 2.05) is 0 Å². The zero-order valence-electron chi connectivity index (χ0n) is 9.69. The maximum Gasteiger partial charge on any atom is 0.277 e. The van der Waals surface area contributed by atoms with Crippen molar-refractivity contribution >= 4 is 29.1 Å². The molecular weight excluding hydrogens is 275 g/mol. The van der Waals surface area contributed by atoms with Gasteiger partial charge in [0.2, 0.25) is 0 Å². The molecule has 0 bridgehead atoms. The highest BCUT2D eigenvalue weighted by Crippen LogP contribution is 2.25. The summed E-state index contributed by atoms with van der Waals surface area (Å²) in [5, 5.41) is 11.6. The molecule has 1 aromatic rings. The highest BCUT2D eigenvalue weighted by Gasteiger charge is 2.30.